The number of carbonyl (C=O) groups is 1. The van der Waals surface area contributed by atoms with E-state index < -0.39 is 13.7 Å². The predicted molar refractivity (Wildman–Crippen MR) is 112 cm³/mol. The van der Waals surface area contributed by atoms with E-state index in [1.807, 2.05) is 78.9 Å². The van der Waals surface area contributed by atoms with Gasteiger partial charge in [0, 0.05) is 9.79 Å². The van der Waals surface area contributed by atoms with Crippen molar-refractivity contribution in [3.8, 4) is 0 Å². The number of ether oxygens (including phenoxy) is 1. The maximum absolute atomic E-state index is 12.9. The van der Waals surface area contributed by atoms with Crippen LogP contribution in [0, 0.1) is 0 Å². The summed E-state index contributed by atoms with van der Waals surface area (Å²) in [4.78, 5) is 14.2. The number of amides is 1. The van der Waals surface area contributed by atoms with Crippen LogP contribution >= 0.6 is 19.4 Å². The summed E-state index contributed by atoms with van der Waals surface area (Å²) in [7, 11) is -3.37. The van der Waals surface area contributed by atoms with Crippen LogP contribution < -0.4 is 15.3 Å². The van der Waals surface area contributed by atoms with Crippen molar-refractivity contribution in [2.75, 3.05) is 10.2 Å². The van der Waals surface area contributed by atoms with Crippen LogP contribution in [0.15, 0.2) is 88.7 Å². The molecule has 1 aliphatic heterocycles. The minimum atomic E-state index is -3.37. The molecule has 142 valence electrons. The second-order valence-corrected chi connectivity index (χ2v) is 9.17. The molecule has 4 rings (SSSR count). The summed E-state index contributed by atoms with van der Waals surface area (Å²) < 4.78 is 18.1. The molecule has 0 fully saturated rings. The average molecular weight is 411 g/mol. The Labute approximate surface area is 167 Å². The van der Waals surface area contributed by atoms with Gasteiger partial charge in [-0.25, -0.2) is 9.88 Å². The topological polar surface area (TPSA) is 79.5 Å². The molecule has 28 heavy (non-hydrogen) atoms. The summed E-state index contributed by atoms with van der Waals surface area (Å²) in [5.41, 5.74) is 2.20. The molecule has 0 radical (unpaired) electrons. The van der Waals surface area contributed by atoms with Crippen molar-refractivity contribution >= 4 is 36.8 Å². The highest BCUT2D eigenvalue weighted by Gasteiger charge is 2.33. The Kier molecular flexibility index (Phi) is 5.28. The molecule has 0 aliphatic carbocycles. The third-order valence-corrected chi connectivity index (χ3v) is 6.59. The van der Waals surface area contributed by atoms with Gasteiger partial charge in [-0.2, -0.15) is 0 Å². The molecule has 1 unspecified atom stereocenters. The molecule has 0 saturated carbocycles. The largest absolute Gasteiger partial charge is 0.444 e. The highest BCUT2D eigenvalue weighted by atomic mass is 32.2. The Morgan fingerprint density at radius 2 is 1.57 bits per heavy atom. The standard InChI is InChI=1S/C20H18N3O3PS/c24-20(26-14-15-7-3-1-4-8-15)23-27(25)21-18-12-11-17(13-19(18)22-27)28-16-9-5-2-6-10-16/h1-13H,14H2,(H3,21,22,23,24,25). The van der Waals surface area contributed by atoms with Crippen LogP contribution in [-0.2, 0) is 15.9 Å². The average Bonchev–Trinajstić information content (AvgIpc) is 3.03. The number of anilines is 2. The monoisotopic (exact) mass is 411 g/mol. The molecule has 1 amide bonds. The van der Waals surface area contributed by atoms with Gasteiger partial charge in [0.15, 0.2) is 0 Å². The van der Waals surface area contributed by atoms with E-state index in [1.54, 1.807) is 11.8 Å². The van der Waals surface area contributed by atoms with Crippen molar-refractivity contribution in [1.29, 1.82) is 0 Å². The van der Waals surface area contributed by atoms with Crippen molar-refractivity contribution in [3.05, 3.63) is 84.4 Å². The van der Waals surface area contributed by atoms with Crippen LogP contribution in [0.4, 0.5) is 16.2 Å². The van der Waals surface area contributed by atoms with Crippen LogP contribution in [0.3, 0.4) is 0 Å². The van der Waals surface area contributed by atoms with Gasteiger partial charge in [-0.3, -0.25) is 4.57 Å². The molecule has 0 saturated heterocycles. The Bertz CT molecular complexity index is 1030. The van der Waals surface area contributed by atoms with E-state index in [4.69, 9.17) is 4.74 Å². The predicted octanol–water partition coefficient (Wildman–Crippen LogP) is 5.71. The molecule has 8 heteroatoms. The number of rotatable bonds is 5. The van der Waals surface area contributed by atoms with Crippen molar-refractivity contribution in [3.63, 3.8) is 0 Å². The lowest BCUT2D eigenvalue weighted by Gasteiger charge is -2.14. The van der Waals surface area contributed by atoms with Gasteiger partial charge in [0.25, 0.3) is 0 Å². The van der Waals surface area contributed by atoms with Gasteiger partial charge in [-0.05, 0) is 35.9 Å². The van der Waals surface area contributed by atoms with E-state index >= 15 is 0 Å². The van der Waals surface area contributed by atoms with E-state index in [9.17, 15) is 9.36 Å². The molecule has 3 aromatic rings. The molecule has 1 heterocycles. The fraction of sp³-hybridized carbons (Fsp3) is 0.0500. The lowest BCUT2D eigenvalue weighted by Crippen LogP contribution is -2.25. The SMILES string of the molecule is O=C(NP1(=O)Nc2ccc(Sc3ccccc3)cc2N1)OCc1ccccc1. The molecule has 1 atom stereocenters. The van der Waals surface area contributed by atoms with Crippen LogP contribution in [0.5, 0.6) is 0 Å². The van der Waals surface area contributed by atoms with E-state index in [0.29, 0.717) is 11.4 Å². The number of benzene rings is 3. The van der Waals surface area contributed by atoms with Gasteiger partial charge in [-0.15, -0.1) is 0 Å². The lowest BCUT2D eigenvalue weighted by molar-refractivity contribution is 0.146. The lowest BCUT2D eigenvalue weighted by atomic mass is 10.2. The molecule has 3 aromatic carbocycles. The first kappa shape index (κ1) is 18.5. The van der Waals surface area contributed by atoms with Crippen LogP contribution in [0.25, 0.3) is 0 Å². The molecule has 0 aromatic heterocycles. The summed E-state index contributed by atoms with van der Waals surface area (Å²) in [6.07, 6.45) is -0.751. The zero-order valence-corrected chi connectivity index (χ0v) is 16.5. The fourth-order valence-corrected chi connectivity index (χ4v) is 5.13. The van der Waals surface area contributed by atoms with Gasteiger partial charge >= 0.3 is 13.7 Å². The van der Waals surface area contributed by atoms with Crippen molar-refractivity contribution in [1.82, 2.24) is 5.09 Å². The summed E-state index contributed by atoms with van der Waals surface area (Å²) >= 11 is 1.60. The van der Waals surface area contributed by atoms with E-state index in [-0.39, 0.29) is 6.61 Å². The summed E-state index contributed by atoms with van der Waals surface area (Å²) in [5, 5.41) is 8.15. The number of fused-ring (bicyclic) bond motifs is 1. The fourth-order valence-electron chi connectivity index (χ4n) is 2.71. The second kappa shape index (κ2) is 8.00. The van der Waals surface area contributed by atoms with Crippen LogP contribution in [0.2, 0.25) is 0 Å². The van der Waals surface area contributed by atoms with Gasteiger partial charge in [0.2, 0.25) is 0 Å². The third-order valence-electron chi connectivity index (χ3n) is 3.99. The van der Waals surface area contributed by atoms with Crippen molar-refractivity contribution in [2.24, 2.45) is 0 Å². The number of nitrogens with one attached hydrogen (secondary N) is 3. The first-order valence-corrected chi connectivity index (χ1v) is 11.1. The van der Waals surface area contributed by atoms with E-state index in [1.165, 1.54) is 0 Å². The summed E-state index contributed by atoms with van der Waals surface area (Å²) in [6, 6.07) is 25.0. The van der Waals surface area contributed by atoms with Crippen molar-refractivity contribution < 1.29 is 14.1 Å². The minimum Gasteiger partial charge on any atom is -0.444 e. The maximum Gasteiger partial charge on any atom is 0.415 e. The maximum atomic E-state index is 12.9. The molecule has 3 N–H and O–H groups in total. The molecule has 1 aliphatic rings. The van der Waals surface area contributed by atoms with Crippen molar-refractivity contribution in [2.45, 2.75) is 16.4 Å². The Morgan fingerprint density at radius 3 is 2.32 bits per heavy atom. The summed E-state index contributed by atoms with van der Waals surface area (Å²) in [5.74, 6) is 0. The number of hydrogen-bond donors (Lipinski definition) is 3. The Balaban J connectivity index is 1.38. The highest BCUT2D eigenvalue weighted by molar-refractivity contribution is 7.99. The normalized spacial score (nSPS) is 17.1. The van der Waals surface area contributed by atoms with E-state index in [0.717, 1.165) is 15.4 Å². The Morgan fingerprint density at radius 1 is 0.893 bits per heavy atom. The summed E-state index contributed by atoms with van der Waals surface area (Å²) in [6.45, 7) is 0.109. The van der Waals surface area contributed by atoms with Crippen LogP contribution in [0.1, 0.15) is 5.56 Å². The zero-order chi connectivity index (χ0) is 19.4. The van der Waals surface area contributed by atoms with E-state index in [2.05, 4.69) is 15.3 Å². The molecular weight excluding hydrogens is 393 g/mol. The number of carbonyl (C=O) groups excluding carboxylic acids is 1. The zero-order valence-electron chi connectivity index (χ0n) is 14.8. The Hall–Kier alpha value is -2.89. The molecule has 0 bridgehead atoms. The molecular formula is C20H18N3O3PS. The van der Waals surface area contributed by atoms with Gasteiger partial charge in [0.1, 0.15) is 6.61 Å². The first-order valence-electron chi connectivity index (χ1n) is 8.62. The van der Waals surface area contributed by atoms with Gasteiger partial charge < -0.3 is 14.9 Å². The highest BCUT2D eigenvalue weighted by Crippen LogP contribution is 2.52. The quantitative estimate of drug-likeness (QED) is 0.467. The second-order valence-electron chi connectivity index (χ2n) is 6.13. The number of hydrogen-bond acceptors (Lipinski definition) is 4. The third kappa shape index (κ3) is 4.50. The molecule has 6 nitrogen and oxygen atoms in total. The van der Waals surface area contributed by atoms with Crippen LogP contribution in [-0.4, -0.2) is 6.09 Å². The molecule has 0 spiro atoms. The smallest absolute Gasteiger partial charge is 0.415 e. The van der Waals surface area contributed by atoms with Gasteiger partial charge in [-0.1, -0.05) is 60.3 Å². The first-order chi connectivity index (χ1) is 13.6. The van der Waals surface area contributed by atoms with Gasteiger partial charge in [0.05, 0.1) is 11.4 Å². The minimum absolute atomic E-state index is 0.109.